The smallest absolute Gasteiger partial charge is 0.396 e. The highest BCUT2D eigenvalue weighted by molar-refractivity contribution is 7.99. The number of rotatable bonds is 3. The summed E-state index contributed by atoms with van der Waals surface area (Å²) < 4.78 is 72.0. The molecular weight excluding hydrogens is 390 g/mol. The van der Waals surface area contributed by atoms with Crippen LogP contribution in [0.25, 0.3) is 0 Å². The van der Waals surface area contributed by atoms with Crippen LogP contribution < -0.4 is 0 Å². The molecule has 0 aliphatic rings. The first kappa shape index (κ1) is 21.7. The number of alkyl halides is 6. The van der Waals surface area contributed by atoms with Gasteiger partial charge in [0.25, 0.3) is 0 Å². The summed E-state index contributed by atoms with van der Waals surface area (Å²) >= 11 is 6.72. The van der Waals surface area contributed by atoms with Crippen molar-refractivity contribution >= 4 is 23.4 Å². The minimum Gasteiger partial charge on any atom is -0.396 e. The van der Waals surface area contributed by atoms with Crippen LogP contribution in [0, 0.1) is 0 Å². The van der Waals surface area contributed by atoms with Crippen molar-refractivity contribution in [2.75, 3.05) is 12.4 Å². The molecule has 0 atom stereocenters. The molecule has 9 heteroatoms. The first-order valence-corrected chi connectivity index (χ1v) is 8.14. The van der Waals surface area contributed by atoms with E-state index < -0.39 is 23.5 Å². The van der Waals surface area contributed by atoms with Crippen LogP contribution >= 0.6 is 23.4 Å². The van der Waals surface area contributed by atoms with E-state index in [9.17, 15) is 26.3 Å². The van der Waals surface area contributed by atoms with Crippen molar-refractivity contribution in [3.63, 3.8) is 0 Å². The first-order valence-electron chi connectivity index (χ1n) is 6.77. The fourth-order valence-corrected chi connectivity index (χ4v) is 2.32. The summed E-state index contributed by atoms with van der Waals surface area (Å²) in [7, 11) is 0. The molecule has 0 saturated heterocycles. The molecule has 0 radical (unpaired) electrons. The van der Waals surface area contributed by atoms with Crippen LogP contribution in [0.15, 0.2) is 53.4 Å². The van der Waals surface area contributed by atoms with E-state index in [1.165, 1.54) is 36.0 Å². The normalized spacial score (nSPS) is 11.7. The second-order valence-electron chi connectivity index (χ2n) is 4.60. The van der Waals surface area contributed by atoms with Gasteiger partial charge in [-0.25, -0.2) is 0 Å². The van der Waals surface area contributed by atoms with Gasteiger partial charge in [0.2, 0.25) is 0 Å². The molecule has 0 saturated carbocycles. The zero-order valence-electron chi connectivity index (χ0n) is 12.5. The van der Waals surface area contributed by atoms with Crippen LogP contribution in [0.4, 0.5) is 26.3 Å². The molecule has 25 heavy (non-hydrogen) atoms. The highest BCUT2D eigenvalue weighted by Gasteiger charge is 2.30. The maximum Gasteiger partial charge on any atom is 0.416 e. The third-order valence-corrected chi connectivity index (χ3v) is 3.96. The van der Waals surface area contributed by atoms with Crippen LogP contribution in [0.3, 0.4) is 0 Å². The highest BCUT2D eigenvalue weighted by atomic mass is 35.5. The molecule has 2 aromatic rings. The van der Waals surface area contributed by atoms with Crippen molar-refractivity contribution < 1.29 is 31.4 Å². The number of hydrogen-bond acceptors (Lipinski definition) is 2. The minimum absolute atomic E-state index is 0.0195. The molecule has 0 heterocycles. The lowest BCUT2D eigenvalue weighted by Gasteiger charge is -2.06. The van der Waals surface area contributed by atoms with Crippen molar-refractivity contribution in [2.24, 2.45) is 0 Å². The van der Waals surface area contributed by atoms with E-state index in [-0.39, 0.29) is 6.61 Å². The van der Waals surface area contributed by atoms with Gasteiger partial charge in [-0.2, -0.15) is 26.3 Å². The SMILES string of the molecule is FC(F)(F)c1ccc(Cl)cc1.OCCSc1ccc(C(F)(F)F)cc1. The quantitative estimate of drug-likeness (QED) is 0.491. The number of halogens is 7. The third kappa shape index (κ3) is 8.02. The van der Waals surface area contributed by atoms with E-state index in [1.54, 1.807) is 0 Å². The lowest BCUT2D eigenvalue weighted by atomic mass is 10.2. The zero-order chi connectivity index (χ0) is 19.1. The van der Waals surface area contributed by atoms with E-state index >= 15 is 0 Å². The summed E-state index contributed by atoms with van der Waals surface area (Å²) in [5.41, 5.74) is -1.33. The van der Waals surface area contributed by atoms with Crippen LogP contribution in [0.2, 0.25) is 5.02 Å². The molecule has 1 N–H and O–H groups in total. The van der Waals surface area contributed by atoms with Gasteiger partial charge in [0, 0.05) is 15.7 Å². The van der Waals surface area contributed by atoms with Gasteiger partial charge in [0.05, 0.1) is 17.7 Å². The largest absolute Gasteiger partial charge is 0.416 e. The second kappa shape index (κ2) is 9.35. The van der Waals surface area contributed by atoms with E-state index in [1.807, 2.05) is 0 Å². The average molecular weight is 403 g/mol. The first-order chi connectivity index (χ1) is 11.5. The van der Waals surface area contributed by atoms with Crippen molar-refractivity contribution in [1.29, 1.82) is 0 Å². The Morgan fingerprint density at radius 3 is 1.52 bits per heavy atom. The van der Waals surface area contributed by atoms with E-state index in [0.717, 1.165) is 29.2 Å². The van der Waals surface area contributed by atoms with Gasteiger partial charge >= 0.3 is 12.4 Å². The predicted octanol–water partition coefficient (Wildman–Crippen LogP) is 6.15. The minimum atomic E-state index is -4.28. The predicted molar refractivity (Wildman–Crippen MR) is 85.7 cm³/mol. The van der Waals surface area contributed by atoms with E-state index in [2.05, 4.69) is 0 Å². The van der Waals surface area contributed by atoms with Crippen molar-refractivity contribution in [3.8, 4) is 0 Å². The molecular formula is C16H13ClF6OS. The molecule has 0 bridgehead atoms. The van der Waals surface area contributed by atoms with Gasteiger partial charge < -0.3 is 5.11 Å². The molecule has 0 aliphatic carbocycles. The summed E-state index contributed by atoms with van der Waals surface area (Å²) in [5, 5.41) is 8.81. The van der Waals surface area contributed by atoms with Gasteiger partial charge in [-0.15, -0.1) is 11.8 Å². The summed E-state index contributed by atoms with van der Waals surface area (Å²) in [4.78, 5) is 0.729. The summed E-state index contributed by atoms with van der Waals surface area (Å²) in [6.07, 6.45) is -8.55. The number of hydrogen-bond donors (Lipinski definition) is 1. The third-order valence-electron chi connectivity index (χ3n) is 2.71. The van der Waals surface area contributed by atoms with E-state index in [4.69, 9.17) is 16.7 Å². The summed E-state index contributed by atoms with van der Waals surface area (Å²) in [6.45, 7) is 0.0195. The fourth-order valence-electron chi connectivity index (χ4n) is 1.54. The summed E-state index contributed by atoms with van der Waals surface area (Å²) in [5.74, 6) is 0.491. The monoisotopic (exact) mass is 402 g/mol. The zero-order valence-corrected chi connectivity index (χ0v) is 14.1. The Hall–Kier alpha value is -1.38. The number of thioether (sulfide) groups is 1. The standard InChI is InChI=1S/C9H9F3OS.C7H4ClF3/c10-9(11,12)7-1-3-8(4-2-7)14-6-5-13;8-6-3-1-5(2-4-6)7(9,10)11/h1-4,13H,5-6H2;1-4H. The van der Waals surface area contributed by atoms with Gasteiger partial charge in [0.15, 0.2) is 0 Å². The lowest BCUT2D eigenvalue weighted by molar-refractivity contribution is -0.138. The Morgan fingerprint density at radius 1 is 0.760 bits per heavy atom. The maximum absolute atomic E-state index is 12.1. The molecule has 0 aromatic heterocycles. The number of aliphatic hydroxyl groups is 1. The molecule has 0 unspecified atom stereocenters. The highest BCUT2D eigenvalue weighted by Crippen LogP contribution is 2.31. The molecule has 1 nitrogen and oxygen atoms in total. The Labute approximate surface area is 149 Å². The van der Waals surface area contributed by atoms with Crippen molar-refractivity contribution in [3.05, 3.63) is 64.7 Å². The van der Waals surface area contributed by atoms with E-state index in [0.29, 0.717) is 10.8 Å². The van der Waals surface area contributed by atoms with Gasteiger partial charge in [-0.3, -0.25) is 0 Å². The molecule has 0 fully saturated rings. The summed E-state index contributed by atoms with van der Waals surface area (Å²) in [6, 6.07) is 9.21. The van der Waals surface area contributed by atoms with Crippen LogP contribution in [0.1, 0.15) is 11.1 Å². The number of benzene rings is 2. The molecule has 138 valence electrons. The van der Waals surface area contributed by atoms with Gasteiger partial charge in [0.1, 0.15) is 0 Å². The molecule has 0 aliphatic heterocycles. The van der Waals surface area contributed by atoms with Crippen LogP contribution in [0.5, 0.6) is 0 Å². The Balaban J connectivity index is 0.000000257. The lowest BCUT2D eigenvalue weighted by Crippen LogP contribution is -2.03. The molecule has 2 rings (SSSR count). The Kier molecular flexibility index (Phi) is 8.11. The van der Waals surface area contributed by atoms with Crippen LogP contribution in [-0.2, 0) is 12.4 Å². The Morgan fingerprint density at radius 2 is 1.16 bits per heavy atom. The van der Waals surface area contributed by atoms with Gasteiger partial charge in [-0.1, -0.05) is 11.6 Å². The van der Waals surface area contributed by atoms with Gasteiger partial charge in [-0.05, 0) is 48.5 Å². The fraction of sp³-hybridized carbons (Fsp3) is 0.250. The van der Waals surface area contributed by atoms with Crippen molar-refractivity contribution in [2.45, 2.75) is 17.2 Å². The van der Waals surface area contributed by atoms with Crippen molar-refractivity contribution in [1.82, 2.24) is 0 Å². The molecule has 2 aromatic carbocycles. The average Bonchev–Trinajstić information content (AvgIpc) is 2.52. The maximum atomic E-state index is 12.1. The second-order valence-corrected chi connectivity index (χ2v) is 6.20. The molecule has 0 spiro atoms. The number of aliphatic hydroxyl groups excluding tert-OH is 1. The topological polar surface area (TPSA) is 20.2 Å². The van der Waals surface area contributed by atoms with Crippen LogP contribution in [-0.4, -0.2) is 17.5 Å². The Bertz CT molecular complexity index is 638. The molecule has 0 amide bonds.